The van der Waals surface area contributed by atoms with Crippen LogP contribution >= 0.6 is 27.3 Å². The van der Waals surface area contributed by atoms with Gasteiger partial charge in [-0.05, 0) is 43.0 Å². The topological polar surface area (TPSA) is 18.5 Å². The van der Waals surface area contributed by atoms with Gasteiger partial charge in [0.05, 0.1) is 0 Å². The van der Waals surface area contributed by atoms with E-state index in [0.29, 0.717) is 6.04 Å². The Morgan fingerprint density at radius 2 is 2.22 bits per heavy atom. The summed E-state index contributed by atoms with van der Waals surface area (Å²) in [7, 11) is 4.44. The van der Waals surface area contributed by atoms with Crippen LogP contribution in [0.25, 0.3) is 0 Å². The molecule has 1 aromatic rings. The van der Waals surface area contributed by atoms with E-state index < -0.39 is 0 Å². The van der Waals surface area contributed by atoms with Crippen molar-refractivity contribution in [2.75, 3.05) is 40.3 Å². The first-order chi connectivity index (χ1) is 8.56. The molecule has 1 aliphatic heterocycles. The molecule has 1 aromatic heterocycles. The number of hydrogen-bond donors (Lipinski definition) is 1. The van der Waals surface area contributed by atoms with Crippen molar-refractivity contribution in [3.63, 3.8) is 0 Å². The molecular formula is C13H22BrN3S. The minimum Gasteiger partial charge on any atom is -0.310 e. The lowest BCUT2D eigenvalue weighted by Crippen LogP contribution is -2.53. The Balaban J connectivity index is 1.77. The third kappa shape index (κ3) is 3.78. The molecule has 5 heteroatoms. The summed E-state index contributed by atoms with van der Waals surface area (Å²) in [6.07, 6.45) is 0. The van der Waals surface area contributed by atoms with Crippen LogP contribution in [0.5, 0.6) is 0 Å². The summed E-state index contributed by atoms with van der Waals surface area (Å²) in [6.45, 7) is 7.72. The van der Waals surface area contributed by atoms with E-state index in [2.05, 4.69) is 58.1 Å². The van der Waals surface area contributed by atoms with Crippen LogP contribution in [0.1, 0.15) is 9.75 Å². The van der Waals surface area contributed by atoms with Crippen molar-refractivity contribution in [2.45, 2.75) is 19.5 Å². The molecule has 2 heterocycles. The van der Waals surface area contributed by atoms with E-state index >= 15 is 0 Å². The smallest absolute Gasteiger partial charge is 0.0345 e. The van der Waals surface area contributed by atoms with Crippen LogP contribution in [0.15, 0.2) is 10.5 Å². The van der Waals surface area contributed by atoms with Crippen LogP contribution in [0.4, 0.5) is 0 Å². The highest BCUT2D eigenvalue weighted by Gasteiger charge is 2.21. The molecule has 0 saturated carbocycles. The number of rotatable bonds is 4. The Morgan fingerprint density at radius 1 is 1.44 bits per heavy atom. The maximum absolute atomic E-state index is 3.58. The van der Waals surface area contributed by atoms with E-state index in [1.54, 1.807) is 0 Å². The van der Waals surface area contributed by atoms with Gasteiger partial charge in [-0.3, -0.25) is 4.90 Å². The lowest BCUT2D eigenvalue weighted by molar-refractivity contribution is 0.113. The predicted molar refractivity (Wildman–Crippen MR) is 82.4 cm³/mol. The van der Waals surface area contributed by atoms with Crippen molar-refractivity contribution in [3.8, 4) is 0 Å². The maximum Gasteiger partial charge on any atom is 0.0345 e. The van der Waals surface area contributed by atoms with Gasteiger partial charge in [-0.2, -0.15) is 0 Å². The number of likely N-dealkylation sites (N-methyl/N-ethyl adjacent to an activating group) is 2. The van der Waals surface area contributed by atoms with Crippen molar-refractivity contribution in [1.29, 1.82) is 0 Å². The van der Waals surface area contributed by atoms with Gasteiger partial charge in [0.1, 0.15) is 0 Å². The molecule has 1 atom stereocenters. The molecule has 3 nitrogen and oxygen atoms in total. The summed E-state index contributed by atoms with van der Waals surface area (Å²) in [5.74, 6) is 0. The summed E-state index contributed by atoms with van der Waals surface area (Å²) in [4.78, 5) is 7.65. The lowest BCUT2D eigenvalue weighted by atomic mass is 10.2. The van der Waals surface area contributed by atoms with Crippen molar-refractivity contribution < 1.29 is 0 Å². The first-order valence-electron chi connectivity index (χ1n) is 6.40. The molecule has 1 N–H and O–H groups in total. The molecular weight excluding hydrogens is 310 g/mol. The van der Waals surface area contributed by atoms with Crippen LogP contribution < -0.4 is 5.32 Å². The van der Waals surface area contributed by atoms with E-state index in [-0.39, 0.29) is 0 Å². The van der Waals surface area contributed by atoms with Crippen molar-refractivity contribution in [1.82, 2.24) is 15.1 Å². The molecule has 1 saturated heterocycles. The Bertz CT molecular complexity index is 374. The average molecular weight is 332 g/mol. The normalized spacial score (nSPS) is 22.6. The highest BCUT2D eigenvalue weighted by molar-refractivity contribution is 9.10. The number of aryl methyl sites for hydroxylation is 1. The van der Waals surface area contributed by atoms with Crippen molar-refractivity contribution in [2.24, 2.45) is 0 Å². The Kier molecular flexibility index (Phi) is 5.21. The number of hydrogen-bond acceptors (Lipinski definition) is 4. The highest BCUT2D eigenvalue weighted by Crippen LogP contribution is 2.26. The van der Waals surface area contributed by atoms with Gasteiger partial charge in [-0.25, -0.2) is 0 Å². The van der Waals surface area contributed by atoms with E-state index in [1.807, 2.05) is 11.3 Å². The minimum atomic E-state index is 0.633. The molecule has 1 unspecified atom stereocenters. The number of nitrogens with zero attached hydrogens (tertiary/aromatic N) is 2. The lowest BCUT2D eigenvalue weighted by Gasteiger charge is -2.37. The second-order valence-electron chi connectivity index (χ2n) is 5.14. The van der Waals surface area contributed by atoms with Gasteiger partial charge in [-0.1, -0.05) is 0 Å². The maximum atomic E-state index is 3.58. The van der Waals surface area contributed by atoms with E-state index in [0.717, 1.165) is 19.6 Å². The van der Waals surface area contributed by atoms with Crippen LogP contribution in [0.3, 0.4) is 0 Å². The molecule has 0 amide bonds. The molecule has 0 radical (unpaired) electrons. The van der Waals surface area contributed by atoms with Gasteiger partial charge in [0, 0.05) is 53.0 Å². The Labute approximate surface area is 122 Å². The first-order valence-corrected chi connectivity index (χ1v) is 8.01. The zero-order chi connectivity index (χ0) is 13.1. The van der Waals surface area contributed by atoms with Gasteiger partial charge in [0.2, 0.25) is 0 Å². The Morgan fingerprint density at radius 3 is 2.89 bits per heavy atom. The highest BCUT2D eigenvalue weighted by atomic mass is 79.9. The third-order valence-electron chi connectivity index (χ3n) is 3.57. The monoisotopic (exact) mass is 331 g/mol. The van der Waals surface area contributed by atoms with Gasteiger partial charge in [-0.15, -0.1) is 11.3 Å². The predicted octanol–water partition coefficient (Wildman–Crippen LogP) is 2.15. The summed E-state index contributed by atoms with van der Waals surface area (Å²) in [5, 5.41) is 3.58. The van der Waals surface area contributed by atoms with Gasteiger partial charge in [0.15, 0.2) is 0 Å². The van der Waals surface area contributed by atoms with E-state index in [9.17, 15) is 0 Å². The molecule has 2 rings (SSSR count). The fourth-order valence-corrected chi connectivity index (χ4v) is 3.86. The molecule has 1 fully saturated rings. The van der Waals surface area contributed by atoms with Crippen LogP contribution in [-0.2, 0) is 6.54 Å². The van der Waals surface area contributed by atoms with E-state index in [4.69, 9.17) is 0 Å². The number of piperazine rings is 1. The number of nitrogens with one attached hydrogen (secondary N) is 1. The van der Waals surface area contributed by atoms with E-state index in [1.165, 1.54) is 27.3 Å². The minimum absolute atomic E-state index is 0.633. The van der Waals surface area contributed by atoms with Gasteiger partial charge in [0.25, 0.3) is 0 Å². The molecule has 0 spiro atoms. The fraction of sp³-hybridized carbons (Fsp3) is 0.692. The summed E-state index contributed by atoms with van der Waals surface area (Å²) >= 11 is 5.44. The molecule has 0 bridgehead atoms. The summed E-state index contributed by atoms with van der Waals surface area (Å²) in [6, 6.07) is 2.86. The molecule has 1 aliphatic rings. The number of halogens is 1. The third-order valence-corrected chi connectivity index (χ3v) is 5.70. The van der Waals surface area contributed by atoms with Gasteiger partial charge >= 0.3 is 0 Å². The zero-order valence-corrected chi connectivity index (χ0v) is 13.8. The second kappa shape index (κ2) is 6.48. The second-order valence-corrected chi connectivity index (χ2v) is 7.34. The fourth-order valence-electron chi connectivity index (χ4n) is 2.29. The first kappa shape index (κ1) is 14.5. The summed E-state index contributed by atoms with van der Waals surface area (Å²) in [5.41, 5.74) is 0. The molecule has 0 aromatic carbocycles. The van der Waals surface area contributed by atoms with Crippen molar-refractivity contribution >= 4 is 27.3 Å². The average Bonchev–Trinajstić information content (AvgIpc) is 2.63. The standard InChI is InChI=1S/C13H22BrN3S/c1-10-13(14)6-12(18-10)8-15-7-11-9-16(2)4-5-17(11)3/h6,11,15H,4-5,7-9H2,1-3H3. The number of thiophene rings is 1. The zero-order valence-electron chi connectivity index (χ0n) is 11.4. The molecule has 18 heavy (non-hydrogen) atoms. The molecule has 0 aliphatic carbocycles. The molecule has 102 valence electrons. The summed E-state index contributed by atoms with van der Waals surface area (Å²) < 4.78 is 1.24. The SMILES string of the molecule is Cc1sc(CNCC2CN(C)CCN2C)cc1Br. The largest absolute Gasteiger partial charge is 0.310 e. The quantitative estimate of drug-likeness (QED) is 0.912. The van der Waals surface area contributed by atoms with Crippen LogP contribution in [-0.4, -0.2) is 56.1 Å². The van der Waals surface area contributed by atoms with Crippen molar-refractivity contribution in [3.05, 3.63) is 20.3 Å². The Hall–Kier alpha value is 0.0600. The van der Waals surface area contributed by atoms with Gasteiger partial charge < -0.3 is 10.2 Å². The van der Waals surface area contributed by atoms with Crippen LogP contribution in [0.2, 0.25) is 0 Å². The van der Waals surface area contributed by atoms with Crippen LogP contribution in [0, 0.1) is 6.92 Å².